The zero-order valence-corrected chi connectivity index (χ0v) is 18.2. The summed E-state index contributed by atoms with van der Waals surface area (Å²) < 4.78 is 11.0. The van der Waals surface area contributed by atoms with Gasteiger partial charge in [0.15, 0.2) is 5.96 Å². The predicted molar refractivity (Wildman–Crippen MR) is 117 cm³/mol. The lowest BCUT2D eigenvalue weighted by molar-refractivity contribution is 0.00989. The van der Waals surface area contributed by atoms with E-state index in [-0.39, 0.29) is 24.0 Å². The highest BCUT2D eigenvalue weighted by Gasteiger charge is 2.39. The van der Waals surface area contributed by atoms with Gasteiger partial charge in [-0.25, -0.2) is 0 Å². The van der Waals surface area contributed by atoms with E-state index in [1.807, 2.05) is 7.05 Å². The molecule has 1 heterocycles. The minimum Gasteiger partial charge on any atom is -0.385 e. The van der Waals surface area contributed by atoms with Crippen molar-refractivity contribution in [1.29, 1.82) is 0 Å². The molecule has 1 saturated heterocycles. The second kappa shape index (κ2) is 11.1. The van der Waals surface area contributed by atoms with Gasteiger partial charge < -0.3 is 19.7 Å². The molecule has 2 atom stereocenters. The Kier molecular flexibility index (Phi) is 9.15. The topological polar surface area (TPSA) is 46.1 Å². The summed E-state index contributed by atoms with van der Waals surface area (Å²) in [6, 6.07) is 11.3. The minimum atomic E-state index is 0. The summed E-state index contributed by atoms with van der Waals surface area (Å²) >= 11 is 0. The highest BCUT2D eigenvalue weighted by Crippen LogP contribution is 2.40. The molecule has 0 aromatic heterocycles. The Morgan fingerprint density at radius 2 is 1.92 bits per heavy atom. The third-order valence-corrected chi connectivity index (χ3v) is 5.13. The Bertz CT molecular complexity index is 547. The van der Waals surface area contributed by atoms with Gasteiger partial charge in [-0.1, -0.05) is 30.3 Å². The summed E-state index contributed by atoms with van der Waals surface area (Å²) in [7, 11) is 3.62. The number of likely N-dealkylation sites (tertiary alicyclic amines) is 1. The molecule has 0 radical (unpaired) electrons. The predicted octanol–water partition coefficient (Wildman–Crippen LogP) is 3.25. The molecule has 1 aliphatic heterocycles. The molecule has 0 spiro atoms. The van der Waals surface area contributed by atoms with E-state index in [1.165, 1.54) is 12.0 Å². The van der Waals surface area contributed by atoms with Crippen molar-refractivity contribution in [3.05, 3.63) is 35.9 Å². The molecule has 1 aromatic rings. The largest absolute Gasteiger partial charge is 0.385 e. The molecule has 2 aliphatic rings. The van der Waals surface area contributed by atoms with Crippen LogP contribution in [-0.4, -0.2) is 63.5 Å². The highest BCUT2D eigenvalue weighted by molar-refractivity contribution is 14.0. The molecule has 1 aliphatic carbocycles. The minimum absolute atomic E-state index is 0. The van der Waals surface area contributed by atoms with Gasteiger partial charge in [-0.3, -0.25) is 4.99 Å². The van der Waals surface area contributed by atoms with Crippen LogP contribution in [0.4, 0.5) is 0 Å². The highest BCUT2D eigenvalue weighted by atomic mass is 127. The maximum atomic E-state index is 5.95. The van der Waals surface area contributed by atoms with Crippen LogP contribution >= 0.6 is 24.0 Å². The van der Waals surface area contributed by atoms with Crippen molar-refractivity contribution in [2.75, 3.05) is 40.5 Å². The van der Waals surface area contributed by atoms with Crippen LogP contribution in [0.15, 0.2) is 35.3 Å². The molecule has 0 amide bonds. The van der Waals surface area contributed by atoms with Gasteiger partial charge >= 0.3 is 0 Å². The molecule has 26 heavy (non-hydrogen) atoms. The summed E-state index contributed by atoms with van der Waals surface area (Å²) in [5, 5.41) is 3.65. The van der Waals surface area contributed by atoms with Crippen LogP contribution in [-0.2, 0) is 9.47 Å². The van der Waals surface area contributed by atoms with E-state index in [9.17, 15) is 0 Å². The van der Waals surface area contributed by atoms with Crippen molar-refractivity contribution in [2.24, 2.45) is 4.99 Å². The number of hydrogen-bond donors (Lipinski definition) is 1. The molecule has 1 saturated carbocycles. The molecule has 0 bridgehead atoms. The van der Waals surface area contributed by atoms with Gasteiger partial charge in [0.1, 0.15) is 0 Å². The first-order valence-corrected chi connectivity index (χ1v) is 9.45. The molecule has 1 N–H and O–H groups in total. The molecule has 6 heteroatoms. The van der Waals surface area contributed by atoms with Crippen LogP contribution in [0.25, 0.3) is 0 Å². The number of guanidine groups is 1. The van der Waals surface area contributed by atoms with Crippen LogP contribution in [0.2, 0.25) is 0 Å². The zero-order valence-electron chi connectivity index (χ0n) is 15.9. The third kappa shape index (κ3) is 6.09. The fraction of sp³-hybridized carbons (Fsp3) is 0.650. The molecular formula is C20H32IN3O2. The first-order chi connectivity index (χ1) is 12.3. The second-order valence-corrected chi connectivity index (χ2v) is 6.95. The van der Waals surface area contributed by atoms with E-state index in [4.69, 9.17) is 9.47 Å². The van der Waals surface area contributed by atoms with E-state index in [0.29, 0.717) is 18.1 Å². The molecule has 2 unspecified atom stereocenters. The Labute approximate surface area is 174 Å². The molecule has 3 rings (SSSR count). The van der Waals surface area contributed by atoms with E-state index in [0.717, 1.165) is 51.5 Å². The van der Waals surface area contributed by atoms with Crippen molar-refractivity contribution in [2.45, 2.75) is 43.7 Å². The van der Waals surface area contributed by atoms with Crippen molar-refractivity contribution in [3.8, 4) is 0 Å². The first-order valence-electron chi connectivity index (χ1n) is 9.45. The molecular weight excluding hydrogens is 441 g/mol. The lowest BCUT2D eigenvalue weighted by Gasteiger charge is -2.34. The van der Waals surface area contributed by atoms with Crippen molar-refractivity contribution >= 4 is 29.9 Å². The monoisotopic (exact) mass is 473 g/mol. The summed E-state index contributed by atoms with van der Waals surface area (Å²) in [5.41, 5.74) is 1.43. The summed E-state index contributed by atoms with van der Waals surface area (Å²) in [6.45, 7) is 3.60. The third-order valence-electron chi connectivity index (χ3n) is 5.13. The van der Waals surface area contributed by atoms with E-state index in [1.54, 1.807) is 7.11 Å². The number of nitrogens with one attached hydrogen (secondary N) is 1. The van der Waals surface area contributed by atoms with Gasteiger partial charge in [-0.15, -0.1) is 24.0 Å². The van der Waals surface area contributed by atoms with Crippen molar-refractivity contribution in [1.82, 2.24) is 10.2 Å². The number of ether oxygens (including phenoxy) is 2. The average molecular weight is 473 g/mol. The Balaban J connectivity index is 0.00000243. The SMILES string of the molecule is CN=C(NC1CC1c1ccccc1)N1CCC(OCCCOC)CC1.I. The zero-order chi connectivity index (χ0) is 17.5. The lowest BCUT2D eigenvalue weighted by Crippen LogP contribution is -2.47. The van der Waals surface area contributed by atoms with Crippen LogP contribution < -0.4 is 5.32 Å². The maximum Gasteiger partial charge on any atom is 0.193 e. The van der Waals surface area contributed by atoms with E-state index >= 15 is 0 Å². The van der Waals surface area contributed by atoms with Crippen LogP contribution in [0.3, 0.4) is 0 Å². The Morgan fingerprint density at radius 3 is 2.58 bits per heavy atom. The quantitative estimate of drug-likeness (QED) is 0.286. The van der Waals surface area contributed by atoms with Gasteiger partial charge in [0.2, 0.25) is 0 Å². The number of benzene rings is 1. The lowest BCUT2D eigenvalue weighted by atomic mass is 10.1. The van der Waals surface area contributed by atoms with Gasteiger partial charge in [0.25, 0.3) is 0 Å². The molecule has 1 aromatic carbocycles. The Hall–Kier alpha value is -0.860. The number of methoxy groups -OCH3 is 1. The van der Waals surface area contributed by atoms with E-state index in [2.05, 4.69) is 45.5 Å². The summed E-state index contributed by atoms with van der Waals surface area (Å²) in [5.74, 6) is 1.67. The number of halogens is 1. The summed E-state index contributed by atoms with van der Waals surface area (Å²) in [4.78, 5) is 6.88. The standard InChI is InChI=1S/C20H31N3O2.HI/c1-21-20(22-19-15-18(19)16-7-4-3-5-8-16)23-11-9-17(10-12-23)25-14-6-13-24-2;/h3-5,7-8,17-19H,6,9-15H2,1-2H3,(H,21,22);1H. The number of rotatable bonds is 7. The number of hydrogen-bond acceptors (Lipinski definition) is 3. The normalized spacial score (nSPS) is 23.5. The van der Waals surface area contributed by atoms with Crippen LogP contribution in [0, 0.1) is 0 Å². The number of aliphatic imine (C=N–C) groups is 1. The van der Waals surface area contributed by atoms with Gasteiger partial charge in [0, 0.05) is 52.4 Å². The van der Waals surface area contributed by atoms with Crippen molar-refractivity contribution in [3.63, 3.8) is 0 Å². The van der Waals surface area contributed by atoms with E-state index < -0.39 is 0 Å². The molecule has 2 fully saturated rings. The summed E-state index contributed by atoms with van der Waals surface area (Å²) in [6.07, 6.45) is 4.69. The van der Waals surface area contributed by atoms with Crippen LogP contribution in [0.1, 0.15) is 37.2 Å². The van der Waals surface area contributed by atoms with Gasteiger partial charge in [-0.05, 0) is 31.2 Å². The maximum absolute atomic E-state index is 5.95. The first kappa shape index (κ1) is 21.4. The second-order valence-electron chi connectivity index (χ2n) is 6.95. The average Bonchev–Trinajstić information content (AvgIpc) is 3.44. The fourth-order valence-electron chi connectivity index (χ4n) is 3.57. The molecule has 5 nitrogen and oxygen atoms in total. The van der Waals surface area contributed by atoms with Crippen molar-refractivity contribution < 1.29 is 9.47 Å². The smallest absolute Gasteiger partial charge is 0.193 e. The molecule has 146 valence electrons. The number of piperidine rings is 1. The fourth-order valence-corrected chi connectivity index (χ4v) is 3.57. The number of nitrogens with zero attached hydrogens (tertiary/aromatic N) is 2. The Morgan fingerprint density at radius 1 is 1.19 bits per heavy atom. The van der Waals surface area contributed by atoms with Gasteiger partial charge in [0.05, 0.1) is 6.10 Å². The van der Waals surface area contributed by atoms with Gasteiger partial charge in [-0.2, -0.15) is 0 Å². The van der Waals surface area contributed by atoms with Crippen LogP contribution in [0.5, 0.6) is 0 Å².